The van der Waals surface area contributed by atoms with Crippen LogP contribution in [0.3, 0.4) is 0 Å². The minimum atomic E-state index is -3.56. The summed E-state index contributed by atoms with van der Waals surface area (Å²) in [7, 11) is -1.96. The quantitative estimate of drug-likeness (QED) is 0.626. The van der Waals surface area contributed by atoms with Crippen LogP contribution in [-0.4, -0.2) is 25.3 Å². The number of anilines is 1. The lowest BCUT2D eigenvalue weighted by atomic mass is 10.1. The molecule has 1 aromatic heterocycles. The van der Waals surface area contributed by atoms with Crippen LogP contribution in [0.15, 0.2) is 42.5 Å². The number of methoxy groups -OCH3 is 1. The Bertz CT molecular complexity index is 1130. The van der Waals surface area contributed by atoms with E-state index in [0.29, 0.717) is 17.8 Å². The van der Waals surface area contributed by atoms with E-state index in [1.54, 1.807) is 31.4 Å². The molecule has 8 heteroatoms. The Balaban J connectivity index is 2.15. The molecule has 6 nitrogen and oxygen atoms in total. The highest BCUT2D eigenvalue weighted by Crippen LogP contribution is 2.35. The second-order valence-electron chi connectivity index (χ2n) is 5.87. The summed E-state index contributed by atoms with van der Waals surface area (Å²) in [5.41, 5.74) is 3.50. The molecule has 2 aromatic carbocycles. The molecule has 0 saturated carbocycles. The second-order valence-corrected chi connectivity index (χ2v) is 8.17. The van der Waals surface area contributed by atoms with Crippen LogP contribution in [0.2, 0.25) is 0 Å². The summed E-state index contributed by atoms with van der Waals surface area (Å²) in [6, 6.07) is 14.8. The number of aryl methyl sites for hydroxylation is 1. The minimum absolute atomic E-state index is 0.415. The highest BCUT2D eigenvalue weighted by molar-refractivity contribution is 7.93. The first-order chi connectivity index (χ1) is 12.9. The van der Waals surface area contributed by atoms with Gasteiger partial charge in [-0.3, -0.25) is 4.72 Å². The number of hydrogen-bond acceptors (Lipinski definition) is 4. The maximum atomic E-state index is 11.6. The predicted octanol–water partition coefficient (Wildman–Crippen LogP) is 4.15. The molecule has 1 heterocycles. The smallest absolute Gasteiger partial charge is 0.246 e. The van der Waals surface area contributed by atoms with Gasteiger partial charge >= 0.3 is 0 Å². The summed E-state index contributed by atoms with van der Waals surface area (Å²) in [5, 5.41) is 10.1. The van der Waals surface area contributed by atoms with Crippen molar-refractivity contribution in [3.63, 3.8) is 0 Å². The Labute approximate surface area is 163 Å². The average Bonchev–Trinajstić information content (AvgIpc) is 3.00. The number of hydrogen-bond donors (Lipinski definition) is 1. The molecule has 0 saturated heterocycles. The van der Waals surface area contributed by atoms with Crippen molar-refractivity contribution in [2.75, 3.05) is 17.0 Å². The van der Waals surface area contributed by atoms with Gasteiger partial charge in [-0.25, -0.2) is 8.42 Å². The van der Waals surface area contributed by atoms with Gasteiger partial charge in [0, 0.05) is 23.7 Å². The van der Waals surface area contributed by atoms with E-state index in [4.69, 9.17) is 16.3 Å². The molecule has 0 aliphatic heterocycles. The Kier molecular flexibility index (Phi) is 5.31. The van der Waals surface area contributed by atoms with Crippen LogP contribution in [0.4, 0.5) is 5.69 Å². The molecular formula is C19H18ClN3O3S. The molecule has 0 spiro atoms. The van der Waals surface area contributed by atoms with Gasteiger partial charge in [0.25, 0.3) is 0 Å². The molecule has 3 aromatic rings. The van der Waals surface area contributed by atoms with E-state index in [1.165, 1.54) is 0 Å². The Morgan fingerprint density at radius 2 is 1.93 bits per heavy atom. The topological polar surface area (TPSA) is 84.1 Å². The van der Waals surface area contributed by atoms with Gasteiger partial charge in [-0.1, -0.05) is 12.1 Å². The standard InChI is InChI=1S/C19H18ClN3O3S/c1-3-23-18-10-15(26-2)8-9-16(18)17(11-21)19(23)13-4-6-14(7-5-13)22-27(24,25)12-20/h4-10,22H,3,12H2,1-2H3. The van der Waals surface area contributed by atoms with Crippen molar-refractivity contribution >= 4 is 38.2 Å². The van der Waals surface area contributed by atoms with E-state index in [0.717, 1.165) is 27.9 Å². The molecule has 1 N–H and O–H groups in total. The molecule has 27 heavy (non-hydrogen) atoms. The molecule has 0 radical (unpaired) electrons. The van der Waals surface area contributed by atoms with Crippen LogP contribution in [0, 0.1) is 11.3 Å². The molecule has 0 bridgehead atoms. The van der Waals surface area contributed by atoms with Crippen molar-refractivity contribution in [2.24, 2.45) is 0 Å². The zero-order valence-electron chi connectivity index (χ0n) is 14.9. The van der Waals surface area contributed by atoms with Crippen molar-refractivity contribution in [1.82, 2.24) is 4.57 Å². The third-order valence-corrected chi connectivity index (χ3v) is 5.97. The third kappa shape index (κ3) is 3.59. The number of nitriles is 1. The van der Waals surface area contributed by atoms with Gasteiger partial charge in [-0.2, -0.15) is 5.26 Å². The molecule has 0 aliphatic carbocycles. The molecule has 0 aliphatic rings. The van der Waals surface area contributed by atoms with Crippen LogP contribution in [0.1, 0.15) is 12.5 Å². The van der Waals surface area contributed by atoms with Crippen LogP contribution >= 0.6 is 11.6 Å². The predicted molar refractivity (Wildman–Crippen MR) is 108 cm³/mol. The number of ether oxygens (including phenoxy) is 1. The van der Waals surface area contributed by atoms with Crippen LogP contribution in [0.5, 0.6) is 5.75 Å². The number of rotatable bonds is 6. The van der Waals surface area contributed by atoms with Crippen molar-refractivity contribution < 1.29 is 13.2 Å². The largest absolute Gasteiger partial charge is 0.497 e. The van der Waals surface area contributed by atoms with Gasteiger partial charge in [0.1, 0.15) is 17.0 Å². The molecule has 3 rings (SSSR count). The fourth-order valence-electron chi connectivity index (χ4n) is 3.10. The van der Waals surface area contributed by atoms with E-state index in [2.05, 4.69) is 10.8 Å². The number of nitrogens with one attached hydrogen (secondary N) is 1. The van der Waals surface area contributed by atoms with Crippen LogP contribution in [0.25, 0.3) is 22.2 Å². The number of nitrogens with zero attached hydrogens (tertiary/aromatic N) is 2. The van der Waals surface area contributed by atoms with Gasteiger partial charge in [-0.05, 0) is 36.8 Å². The fourth-order valence-corrected chi connectivity index (χ4v) is 3.81. The molecule has 140 valence electrons. The second kappa shape index (κ2) is 7.51. The zero-order chi connectivity index (χ0) is 19.6. The van der Waals surface area contributed by atoms with E-state index in [-0.39, 0.29) is 0 Å². The molecule has 0 amide bonds. The van der Waals surface area contributed by atoms with Crippen molar-refractivity contribution in [2.45, 2.75) is 13.5 Å². The molecule has 0 unspecified atom stereocenters. The number of fused-ring (bicyclic) bond motifs is 1. The summed E-state index contributed by atoms with van der Waals surface area (Å²) in [6.45, 7) is 2.67. The summed E-state index contributed by atoms with van der Waals surface area (Å²) in [6.07, 6.45) is 0. The third-order valence-electron chi connectivity index (χ3n) is 4.28. The first kappa shape index (κ1) is 19.1. The first-order valence-corrected chi connectivity index (χ1v) is 10.4. The first-order valence-electron chi connectivity index (χ1n) is 8.21. The van der Waals surface area contributed by atoms with E-state index >= 15 is 0 Å². The number of benzene rings is 2. The number of aromatic nitrogens is 1. The molecule has 0 fully saturated rings. The monoisotopic (exact) mass is 403 g/mol. The maximum Gasteiger partial charge on any atom is 0.246 e. The highest BCUT2D eigenvalue weighted by atomic mass is 35.5. The van der Waals surface area contributed by atoms with Crippen LogP contribution < -0.4 is 9.46 Å². The van der Waals surface area contributed by atoms with Gasteiger partial charge in [-0.15, -0.1) is 11.6 Å². The zero-order valence-corrected chi connectivity index (χ0v) is 16.4. The SMILES string of the molecule is CCn1c(-c2ccc(NS(=O)(=O)CCl)cc2)c(C#N)c2ccc(OC)cc21. The summed E-state index contributed by atoms with van der Waals surface area (Å²) >= 11 is 5.42. The summed E-state index contributed by atoms with van der Waals surface area (Å²) in [5.74, 6) is 0.719. The maximum absolute atomic E-state index is 11.6. The van der Waals surface area contributed by atoms with Gasteiger partial charge in [0.05, 0.1) is 23.9 Å². The van der Waals surface area contributed by atoms with Gasteiger partial charge < -0.3 is 9.30 Å². The minimum Gasteiger partial charge on any atom is -0.497 e. The lowest BCUT2D eigenvalue weighted by Gasteiger charge is -2.10. The summed E-state index contributed by atoms with van der Waals surface area (Å²) < 4.78 is 33.0. The lowest BCUT2D eigenvalue weighted by molar-refractivity contribution is 0.415. The van der Waals surface area contributed by atoms with E-state index < -0.39 is 15.2 Å². The Morgan fingerprint density at radius 3 is 2.48 bits per heavy atom. The van der Waals surface area contributed by atoms with Crippen molar-refractivity contribution in [3.05, 3.63) is 48.0 Å². The Hall–Kier alpha value is -2.69. The van der Waals surface area contributed by atoms with Crippen LogP contribution in [-0.2, 0) is 16.6 Å². The normalized spacial score (nSPS) is 11.3. The van der Waals surface area contributed by atoms with Gasteiger partial charge in [0.2, 0.25) is 10.0 Å². The van der Waals surface area contributed by atoms with Crippen molar-refractivity contribution in [1.29, 1.82) is 5.26 Å². The molecular weight excluding hydrogens is 386 g/mol. The molecule has 0 atom stereocenters. The number of sulfonamides is 1. The lowest BCUT2D eigenvalue weighted by Crippen LogP contribution is -2.13. The number of alkyl halides is 1. The van der Waals surface area contributed by atoms with Crippen molar-refractivity contribution in [3.8, 4) is 23.1 Å². The van der Waals surface area contributed by atoms with Gasteiger partial charge in [0.15, 0.2) is 0 Å². The number of halogens is 1. The highest BCUT2D eigenvalue weighted by Gasteiger charge is 2.18. The fraction of sp³-hybridized carbons (Fsp3) is 0.211. The average molecular weight is 404 g/mol. The van der Waals surface area contributed by atoms with E-state index in [1.807, 2.05) is 29.7 Å². The van der Waals surface area contributed by atoms with E-state index in [9.17, 15) is 13.7 Å². The summed E-state index contributed by atoms with van der Waals surface area (Å²) in [4.78, 5) is 0. The Morgan fingerprint density at radius 1 is 1.22 bits per heavy atom.